The molecular formula is C20H17F2N3O. The summed E-state index contributed by atoms with van der Waals surface area (Å²) in [7, 11) is 0. The first-order valence-corrected chi connectivity index (χ1v) is 8.01. The van der Waals surface area contributed by atoms with E-state index in [0.29, 0.717) is 0 Å². The molecule has 6 heteroatoms. The Bertz CT molecular complexity index is 980. The highest BCUT2D eigenvalue weighted by molar-refractivity contribution is 5.88. The lowest BCUT2D eigenvalue weighted by atomic mass is 9.98. The van der Waals surface area contributed by atoms with Crippen LogP contribution in [0.2, 0.25) is 0 Å². The molecule has 0 saturated carbocycles. The highest BCUT2D eigenvalue weighted by Crippen LogP contribution is 2.26. The summed E-state index contributed by atoms with van der Waals surface area (Å²) in [6, 6.07) is 16.5. The van der Waals surface area contributed by atoms with E-state index >= 15 is 0 Å². The number of hydrogen-bond donors (Lipinski definition) is 2. The Hall–Kier alpha value is -3.12. The lowest BCUT2D eigenvalue weighted by Gasteiger charge is -2.13. The monoisotopic (exact) mass is 353 g/mol. The third-order valence-corrected chi connectivity index (χ3v) is 3.93. The Morgan fingerprint density at radius 1 is 1.08 bits per heavy atom. The fraction of sp³-hybridized carbons (Fsp3) is 0.100. The Morgan fingerprint density at radius 2 is 1.85 bits per heavy atom. The average molecular weight is 353 g/mol. The minimum atomic E-state index is -0.845. The molecule has 0 aliphatic carbocycles. The molecule has 1 atom stereocenters. The van der Waals surface area contributed by atoms with Gasteiger partial charge in [-0.2, -0.15) is 5.10 Å². The van der Waals surface area contributed by atoms with Gasteiger partial charge in [0.15, 0.2) is 0 Å². The summed E-state index contributed by atoms with van der Waals surface area (Å²) in [4.78, 5) is 0. The minimum absolute atomic E-state index is 0.0806. The van der Waals surface area contributed by atoms with Crippen molar-refractivity contribution in [3.05, 3.63) is 83.4 Å². The molecule has 0 spiro atoms. The first-order valence-electron chi connectivity index (χ1n) is 8.01. The third-order valence-electron chi connectivity index (χ3n) is 3.93. The molecule has 132 valence electrons. The molecule has 0 aliphatic rings. The first-order chi connectivity index (χ1) is 12.5. The van der Waals surface area contributed by atoms with E-state index in [1.165, 1.54) is 6.07 Å². The van der Waals surface area contributed by atoms with Crippen molar-refractivity contribution in [3.63, 3.8) is 0 Å². The molecule has 1 unspecified atom stereocenters. The van der Waals surface area contributed by atoms with Gasteiger partial charge in [-0.1, -0.05) is 42.5 Å². The van der Waals surface area contributed by atoms with Gasteiger partial charge in [-0.3, -0.25) is 0 Å². The largest absolute Gasteiger partial charge is 0.388 e. The van der Waals surface area contributed by atoms with Crippen LogP contribution in [-0.4, -0.2) is 17.2 Å². The van der Waals surface area contributed by atoms with Gasteiger partial charge in [0.1, 0.15) is 17.5 Å². The number of nitrogens with zero attached hydrogens (tertiary/aromatic N) is 2. The molecule has 3 rings (SSSR count). The van der Waals surface area contributed by atoms with E-state index in [0.717, 1.165) is 34.7 Å². The van der Waals surface area contributed by atoms with E-state index < -0.39 is 17.7 Å². The van der Waals surface area contributed by atoms with Crippen molar-refractivity contribution in [3.8, 4) is 0 Å². The number of hydrogen-bond acceptors (Lipinski definition) is 3. The smallest absolute Gasteiger partial charge is 0.134 e. The van der Waals surface area contributed by atoms with Gasteiger partial charge < -0.3 is 10.8 Å². The lowest BCUT2D eigenvalue weighted by molar-refractivity contribution is 0.187. The second-order valence-electron chi connectivity index (χ2n) is 5.79. The normalized spacial score (nSPS) is 13.4. The van der Waals surface area contributed by atoms with Gasteiger partial charge in [0.05, 0.1) is 12.3 Å². The Balaban J connectivity index is 1.73. The quantitative estimate of drug-likeness (QED) is 0.414. The fourth-order valence-electron chi connectivity index (χ4n) is 2.66. The van der Waals surface area contributed by atoms with Gasteiger partial charge >= 0.3 is 0 Å². The van der Waals surface area contributed by atoms with Crippen molar-refractivity contribution < 1.29 is 13.9 Å². The highest BCUT2D eigenvalue weighted by Gasteiger charge is 2.12. The molecular weight excluding hydrogens is 336 g/mol. The van der Waals surface area contributed by atoms with E-state index in [1.807, 2.05) is 42.5 Å². The number of aliphatic hydroxyl groups excluding tert-OH is 1. The topological polar surface area (TPSA) is 71.0 Å². The van der Waals surface area contributed by atoms with E-state index in [2.05, 4.69) is 10.2 Å². The predicted molar refractivity (Wildman–Crippen MR) is 99.1 cm³/mol. The van der Waals surface area contributed by atoms with E-state index in [9.17, 15) is 13.9 Å². The standard InChI is InChI=1S/C20H17F2N3O/c21-15-9-8-14(18(22)10-15)12-24-25-20(23)11-19(26)17-7-3-5-13-4-1-2-6-16(13)17/h1-10,12,19,26H,11H2,(H2,23,25)/b24-12+. The second-order valence-corrected chi connectivity index (χ2v) is 5.79. The molecule has 4 nitrogen and oxygen atoms in total. The lowest BCUT2D eigenvalue weighted by Crippen LogP contribution is -2.15. The third kappa shape index (κ3) is 4.10. The van der Waals surface area contributed by atoms with Crippen molar-refractivity contribution in [1.29, 1.82) is 0 Å². The molecule has 0 fully saturated rings. The summed E-state index contributed by atoms with van der Waals surface area (Å²) in [6.07, 6.45) is 0.381. The van der Waals surface area contributed by atoms with Crippen molar-refractivity contribution in [2.45, 2.75) is 12.5 Å². The van der Waals surface area contributed by atoms with Crippen molar-refractivity contribution in [2.24, 2.45) is 15.9 Å². The van der Waals surface area contributed by atoms with Crippen molar-refractivity contribution >= 4 is 22.8 Å². The van der Waals surface area contributed by atoms with E-state index in [1.54, 1.807) is 0 Å². The van der Waals surface area contributed by atoms with Gasteiger partial charge in [0.2, 0.25) is 0 Å². The molecule has 0 aliphatic heterocycles. The zero-order valence-electron chi connectivity index (χ0n) is 13.8. The van der Waals surface area contributed by atoms with Crippen molar-refractivity contribution in [2.75, 3.05) is 0 Å². The van der Waals surface area contributed by atoms with Gasteiger partial charge in [0.25, 0.3) is 0 Å². The molecule has 0 bridgehead atoms. The van der Waals surface area contributed by atoms with Crippen LogP contribution < -0.4 is 5.73 Å². The molecule has 0 heterocycles. The molecule has 26 heavy (non-hydrogen) atoms. The molecule has 0 amide bonds. The summed E-state index contributed by atoms with van der Waals surface area (Å²) in [5, 5.41) is 19.9. The second kappa shape index (κ2) is 7.84. The Labute approximate surface area is 149 Å². The predicted octanol–water partition coefficient (Wildman–Crippen LogP) is 3.93. The number of benzene rings is 3. The van der Waals surface area contributed by atoms with Crippen LogP contribution >= 0.6 is 0 Å². The van der Waals surface area contributed by atoms with Gasteiger partial charge in [0, 0.05) is 18.1 Å². The number of nitrogens with two attached hydrogens (primary N) is 1. The van der Waals surface area contributed by atoms with Gasteiger partial charge in [-0.25, -0.2) is 8.78 Å². The van der Waals surface area contributed by atoms with Crippen LogP contribution in [0.5, 0.6) is 0 Å². The van der Waals surface area contributed by atoms with E-state index in [4.69, 9.17) is 5.73 Å². The van der Waals surface area contributed by atoms with Crippen LogP contribution in [0.3, 0.4) is 0 Å². The zero-order chi connectivity index (χ0) is 18.5. The maximum Gasteiger partial charge on any atom is 0.134 e. The molecule has 0 radical (unpaired) electrons. The SMILES string of the molecule is N/C(CC(O)c1cccc2ccccc12)=N\N=C\c1ccc(F)cc1F. The fourth-order valence-corrected chi connectivity index (χ4v) is 2.66. The van der Waals surface area contributed by atoms with Crippen LogP contribution in [-0.2, 0) is 0 Å². The number of halogens is 2. The summed E-state index contributed by atoms with van der Waals surface area (Å²) >= 11 is 0. The number of rotatable bonds is 5. The van der Waals surface area contributed by atoms with Crippen LogP contribution in [0.25, 0.3) is 10.8 Å². The number of aliphatic hydroxyl groups is 1. The summed E-state index contributed by atoms with van der Waals surface area (Å²) < 4.78 is 26.4. The maximum absolute atomic E-state index is 13.5. The van der Waals surface area contributed by atoms with Gasteiger partial charge in [-0.15, -0.1) is 5.10 Å². The van der Waals surface area contributed by atoms with Crippen LogP contribution in [0.15, 0.2) is 70.9 Å². The summed E-state index contributed by atoms with van der Waals surface area (Å²) in [6.45, 7) is 0. The molecule has 3 aromatic rings. The average Bonchev–Trinajstić information content (AvgIpc) is 2.63. The van der Waals surface area contributed by atoms with Crippen LogP contribution in [0, 0.1) is 11.6 Å². The molecule has 3 N–H and O–H groups in total. The van der Waals surface area contributed by atoms with E-state index in [-0.39, 0.29) is 17.8 Å². The Morgan fingerprint density at radius 3 is 2.65 bits per heavy atom. The van der Waals surface area contributed by atoms with Crippen LogP contribution in [0.4, 0.5) is 8.78 Å². The molecule has 3 aromatic carbocycles. The number of fused-ring (bicyclic) bond motifs is 1. The Kier molecular flexibility index (Phi) is 5.34. The van der Waals surface area contributed by atoms with Crippen molar-refractivity contribution in [1.82, 2.24) is 0 Å². The summed E-state index contributed by atoms with van der Waals surface area (Å²) in [5.41, 5.74) is 6.64. The van der Waals surface area contributed by atoms with Crippen LogP contribution in [0.1, 0.15) is 23.7 Å². The minimum Gasteiger partial charge on any atom is -0.388 e. The first kappa shape index (κ1) is 17.7. The number of amidine groups is 1. The highest BCUT2D eigenvalue weighted by atomic mass is 19.1. The summed E-state index contributed by atoms with van der Waals surface area (Å²) in [5.74, 6) is -1.30. The molecule has 0 saturated heterocycles. The maximum atomic E-state index is 13.5. The van der Waals surface area contributed by atoms with Gasteiger partial charge in [-0.05, 0) is 28.5 Å². The molecule has 0 aromatic heterocycles. The zero-order valence-corrected chi connectivity index (χ0v) is 13.8.